The van der Waals surface area contributed by atoms with E-state index >= 15 is 0 Å². The molecular formula is C20H14BrClF3N3O2. The third-order valence-corrected chi connectivity index (χ3v) is 4.82. The number of rotatable bonds is 6. The third kappa shape index (κ3) is 5.28. The van der Waals surface area contributed by atoms with Crippen molar-refractivity contribution in [2.45, 2.75) is 12.8 Å². The molecule has 5 nitrogen and oxygen atoms in total. The number of benzene rings is 1. The minimum absolute atomic E-state index is 0.0442. The van der Waals surface area contributed by atoms with Crippen LogP contribution in [0.5, 0.6) is 5.75 Å². The second-order valence-corrected chi connectivity index (χ2v) is 7.20. The van der Waals surface area contributed by atoms with Gasteiger partial charge in [-0.2, -0.15) is 13.2 Å². The van der Waals surface area contributed by atoms with Gasteiger partial charge in [-0.05, 0) is 52.3 Å². The van der Waals surface area contributed by atoms with Gasteiger partial charge < -0.3 is 9.57 Å². The van der Waals surface area contributed by atoms with Gasteiger partial charge in [0.15, 0.2) is 6.61 Å². The number of ether oxygens (including phenoxy) is 1. The average molecular weight is 501 g/mol. The Morgan fingerprint density at radius 3 is 2.57 bits per heavy atom. The summed E-state index contributed by atoms with van der Waals surface area (Å²) in [4.78, 5) is 13.4. The zero-order valence-electron chi connectivity index (χ0n) is 15.5. The van der Waals surface area contributed by atoms with Crippen molar-refractivity contribution in [2.24, 2.45) is 5.16 Å². The van der Waals surface area contributed by atoms with E-state index in [2.05, 4.69) is 31.1 Å². The maximum absolute atomic E-state index is 13.0. The standard InChI is InChI=1S/C20H14BrClF3N3O2/c1-29-17-6-5-12(8-15(17)21)18(28-30-11-14-4-2-3-7-26-14)19-16(22)9-13(10-27-19)20(23,24)25/h2-10H,11H2,1H3. The van der Waals surface area contributed by atoms with Crippen molar-refractivity contribution in [3.05, 3.63) is 86.9 Å². The van der Waals surface area contributed by atoms with Crippen LogP contribution in [0.3, 0.4) is 0 Å². The Bertz CT molecular complexity index is 1060. The molecule has 0 fully saturated rings. The van der Waals surface area contributed by atoms with Gasteiger partial charge in [0.25, 0.3) is 0 Å². The minimum Gasteiger partial charge on any atom is -0.496 e. The summed E-state index contributed by atoms with van der Waals surface area (Å²) < 4.78 is 44.7. The molecule has 0 atom stereocenters. The van der Waals surface area contributed by atoms with Crippen LogP contribution in [0.2, 0.25) is 5.02 Å². The van der Waals surface area contributed by atoms with E-state index < -0.39 is 11.7 Å². The van der Waals surface area contributed by atoms with Crippen molar-refractivity contribution in [1.82, 2.24) is 9.97 Å². The van der Waals surface area contributed by atoms with Gasteiger partial charge in [0.05, 0.1) is 27.9 Å². The zero-order valence-corrected chi connectivity index (χ0v) is 17.8. The molecule has 0 saturated carbocycles. The van der Waals surface area contributed by atoms with E-state index in [9.17, 15) is 13.2 Å². The molecule has 0 unspecified atom stereocenters. The van der Waals surface area contributed by atoms with E-state index in [0.717, 1.165) is 6.07 Å². The van der Waals surface area contributed by atoms with Gasteiger partial charge >= 0.3 is 6.18 Å². The summed E-state index contributed by atoms with van der Waals surface area (Å²) in [7, 11) is 1.51. The van der Waals surface area contributed by atoms with Gasteiger partial charge in [0, 0.05) is 18.0 Å². The number of alkyl halides is 3. The van der Waals surface area contributed by atoms with Crippen molar-refractivity contribution >= 4 is 33.2 Å². The minimum atomic E-state index is -4.56. The topological polar surface area (TPSA) is 56.6 Å². The maximum Gasteiger partial charge on any atom is 0.417 e. The van der Waals surface area contributed by atoms with E-state index in [1.54, 1.807) is 42.6 Å². The number of hydrogen-bond acceptors (Lipinski definition) is 5. The van der Waals surface area contributed by atoms with Crippen LogP contribution >= 0.6 is 27.5 Å². The Morgan fingerprint density at radius 2 is 1.97 bits per heavy atom. The monoisotopic (exact) mass is 499 g/mol. The van der Waals surface area contributed by atoms with E-state index in [1.165, 1.54) is 7.11 Å². The number of hydrogen-bond donors (Lipinski definition) is 0. The van der Waals surface area contributed by atoms with Crippen LogP contribution < -0.4 is 4.74 Å². The first-order chi connectivity index (χ1) is 14.3. The number of pyridine rings is 2. The summed E-state index contributed by atoms with van der Waals surface area (Å²) in [5.41, 5.74) is 0.387. The van der Waals surface area contributed by atoms with E-state index in [0.29, 0.717) is 27.7 Å². The molecule has 0 amide bonds. The van der Waals surface area contributed by atoms with Crippen molar-refractivity contribution in [3.8, 4) is 5.75 Å². The predicted octanol–water partition coefficient (Wildman–Crippen LogP) is 5.89. The molecule has 2 aromatic heterocycles. The lowest BCUT2D eigenvalue weighted by Gasteiger charge is -2.12. The highest BCUT2D eigenvalue weighted by molar-refractivity contribution is 9.10. The molecule has 1 aromatic carbocycles. The Balaban J connectivity index is 2.01. The normalized spacial score (nSPS) is 12.0. The van der Waals surface area contributed by atoms with Crippen molar-refractivity contribution in [3.63, 3.8) is 0 Å². The van der Waals surface area contributed by atoms with Crippen LogP contribution in [0.4, 0.5) is 13.2 Å². The molecule has 3 aromatic rings. The van der Waals surface area contributed by atoms with E-state index in [4.69, 9.17) is 21.2 Å². The molecular weight excluding hydrogens is 487 g/mol. The fraction of sp³-hybridized carbons (Fsp3) is 0.150. The smallest absolute Gasteiger partial charge is 0.417 e. The molecule has 0 spiro atoms. The molecule has 0 saturated heterocycles. The molecule has 2 heterocycles. The Labute approximate surface area is 183 Å². The van der Waals surface area contributed by atoms with E-state index in [-0.39, 0.29) is 23.0 Å². The van der Waals surface area contributed by atoms with Gasteiger partial charge in [0.2, 0.25) is 0 Å². The van der Waals surface area contributed by atoms with Gasteiger partial charge in [-0.1, -0.05) is 22.8 Å². The predicted molar refractivity (Wildman–Crippen MR) is 110 cm³/mol. The second kappa shape index (κ2) is 9.44. The maximum atomic E-state index is 13.0. The highest BCUT2D eigenvalue weighted by Gasteiger charge is 2.32. The number of nitrogens with zero attached hydrogens (tertiary/aromatic N) is 3. The second-order valence-electron chi connectivity index (χ2n) is 5.94. The fourth-order valence-corrected chi connectivity index (χ4v) is 3.26. The first-order valence-corrected chi connectivity index (χ1v) is 9.63. The summed E-state index contributed by atoms with van der Waals surface area (Å²) in [5.74, 6) is 0.568. The molecule has 0 aliphatic heterocycles. The highest BCUT2D eigenvalue weighted by atomic mass is 79.9. The van der Waals surface area contributed by atoms with Gasteiger partial charge in [-0.25, -0.2) is 0 Å². The van der Waals surface area contributed by atoms with Crippen LogP contribution in [0.1, 0.15) is 22.5 Å². The Hall–Kier alpha value is -2.65. The summed E-state index contributed by atoms with van der Waals surface area (Å²) in [6, 6.07) is 11.1. The molecule has 0 aliphatic rings. The third-order valence-electron chi connectivity index (χ3n) is 3.91. The van der Waals surface area contributed by atoms with Crippen LogP contribution in [0.25, 0.3) is 0 Å². The number of halogens is 5. The fourth-order valence-electron chi connectivity index (χ4n) is 2.46. The van der Waals surface area contributed by atoms with Crippen LogP contribution in [-0.4, -0.2) is 22.8 Å². The molecule has 0 radical (unpaired) electrons. The lowest BCUT2D eigenvalue weighted by Crippen LogP contribution is -2.12. The lowest BCUT2D eigenvalue weighted by atomic mass is 10.1. The average Bonchev–Trinajstić information content (AvgIpc) is 2.72. The number of aromatic nitrogens is 2. The molecule has 0 aliphatic carbocycles. The first kappa shape index (κ1) is 22.0. The van der Waals surface area contributed by atoms with Gasteiger partial charge in [0.1, 0.15) is 17.2 Å². The largest absolute Gasteiger partial charge is 0.496 e. The van der Waals surface area contributed by atoms with Gasteiger partial charge in [-0.15, -0.1) is 0 Å². The molecule has 156 valence electrons. The molecule has 0 bridgehead atoms. The van der Waals surface area contributed by atoms with Crippen molar-refractivity contribution in [1.29, 1.82) is 0 Å². The SMILES string of the molecule is COc1ccc(C(=NOCc2ccccn2)c2ncc(C(F)(F)F)cc2Cl)cc1Br. The quantitative estimate of drug-likeness (QED) is 0.313. The van der Waals surface area contributed by atoms with Crippen LogP contribution in [0, 0.1) is 0 Å². The Kier molecular flexibility index (Phi) is 6.94. The number of oxime groups is 1. The van der Waals surface area contributed by atoms with Crippen LogP contribution in [0.15, 0.2) is 64.5 Å². The van der Waals surface area contributed by atoms with Crippen molar-refractivity contribution < 1.29 is 22.7 Å². The summed E-state index contributed by atoms with van der Waals surface area (Å²) in [6.45, 7) is 0.0555. The van der Waals surface area contributed by atoms with Gasteiger partial charge in [-0.3, -0.25) is 9.97 Å². The van der Waals surface area contributed by atoms with Crippen molar-refractivity contribution in [2.75, 3.05) is 7.11 Å². The summed E-state index contributed by atoms with van der Waals surface area (Å²) in [5, 5.41) is 3.88. The highest BCUT2D eigenvalue weighted by Crippen LogP contribution is 2.32. The Morgan fingerprint density at radius 1 is 1.17 bits per heavy atom. The van der Waals surface area contributed by atoms with Crippen LogP contribution in [-0.2, 0) is 17.6 Å². The molecule has 10 heteroatoms. The molecule has 3 rings (SSSR count). The van der Waals surface area contributed by atoms with E-state index in [1.807, 2.05) is 0 Å². The summed E-state index contributed by atoms with van der Waals surface area (Å²) >= 11 is 9.50. The first-order valence-electron chi connectivity index (χ1n) is 8.46. The molecule has 0 N–H and O–H groups in total. The summed E-state index contributed by atoms with van der Waals surface area (Å²) in [6.07, 6.45) is -2.25. The lowest BCUT2D eigenvalue weighted by molar-refractivity contribution is -0.137. The number of methoxy groups -OCH3 is 1. The zero-order chi connectivity index (χ0) is 21.7. The molecule has 30 heavy (non-hydrogen) atoms.